The molecule has 178 valence electrons. The lowest BCUT2D eigenvalue weighted by atomic mass is 9.96. The number of rotatable bonds is 7. The molecule has 9 heteroatoms. The second kappa shape index (κ2) is 10.4. The Morgan fingerprint density at radius 1 is 1.06 bits per heavy atom. The van der Waals surface area contributed by atoms with Crippen molar-refractivity contribution in [3.63, 3.8) is 0 Å². The van der Waals surface area contributed by atoms with E-state index in [1.54, 1.807) is 26.4 Å². The summed E-state index contributed by atoms with van der Waals surface area (Å²) in [6.07, 6.45) is 1.84. The molecular formula is C25H28N4O5. The average Bonchev–Trinajstić information content (AvgIpc) is 3.34. The van der Waals surface area contributed by atoms with Gasteiger partial charge in [0.15, 0.2) is 11.5 Å². The molecule has 1 saturated heterocycles. The number of methoxy groups -OCH3 is 2. The van der Waals surface area contributed by atoms with Crippen LogP contribution in [0, 0.1) is 0 Å². The van der Waals surface area contributed by atoms with Crippen molar-refractivity contribution < 1.29 is 23.6 Å². The molecule has 1 aromatic heterocycles. The Bertz CT molecular complexity index is 1150. The van der Waals surface area contributed by atoms with Crippen LogP contribution in [-0.4, -0.2) is 54.2 Å². The highest BCUT2D eigenvalue weighted by Gasteiger charge is 2.28. The smallest absolute Gasteiger partial charge is 0.230 e. The van der Waals surface area contributed by atoms with Gasteiger partial charge in [-0.15, -0.1) is 0 Å². The Labute approximate surface area is 198 Å². The average molecular weight is 465 g/mol. The molecule has 0 aliphatic carbocycles. The molecule has 2 heterocycles. The zero-order valence-corrected chi connectivity index (χ0v) is 19.5. The van der Waals surface area contributed by atoms with Crippen molar-refractivity contribution in [2.24, 2.45) is 0 Å². The zero-order chi connectivity index (χ0) is 24.1. The number of amides is 2. The van der Waals surface area contributed by atoms with E-state index in [2.05, 4.69) is 15.5 Å². The molecule has 0 unspecified atom stereocenters. The topological polar surface area (TPSA) is 107 Å². The van der Waals surface area contributed by atoms with Crippen LogP contribution in [0.15, 0.2) is 47.0 Å². The normalized spacial score (nSPS) is 14.0. The number of carbonyl (C=O) groups is 2. The summed E-state index contributed by atoms with van der Waals surface area (Å²) in [5.74, 6) is 2.43. The van der Waals surface area contributed by atoms with E-state index in [1.807, 2.05) is 35.2 Å². The fourth-order valence-corrected chi connectivity index (χ4v) is 4.08. The summed E-state index contributed by atoms with van der Waals surface area (Å²) < 4.78 is 16.1. The van der Waals surface area contributed by atoms with E-state index in [4.69, 9.17) is 14.0 Å². The van der Waals surface area contributed by atoms with Crippen LogP contribution in [0.25, 0.3) is 11.4 Å². The Kier molecular flexibility index (Phi) is 7.10. The fraction of sp³-hybridized carbons (Fsp3) is 0.360. The summed E-state index contributed by atoms with van der Waals surface area (Å²) in [5.41, 5.74) is 2.41. The minimum absolute atomic E-state index is 0.0798. The van der Waals surface area contributed by atoms with Gasteiger partial charge >= 0.3 is 0 Å². The summed E-state index contributed by atoms with van der Waals surface area (Å²) in [4.78, 5) is 30.4. The molecule has 4 rings (SSSR count). The number of piperidine rings is 1. The summed E-state index contributed by atoms with van der Waals surface area (Å²) in [6.45, 7) is 2.74. The van der Waals surface area contributed by atoms with Crippen LogP contribution in [0.5, 0.6) is 11.5 Å². The first kappa shape index (κ1) is 23.3. The molecule has 0 bridgehead atoms. The number of likely N-dealkylation sites (tertiary alicyclic amines) is 1. The van der Waals surface area contributed by atoms with Gasteiger partial charge in [0.1, 0.15) is 0 Å². The molecule has 1 aliphatic rings. The number of anilines is 1. The molecule has 1 aliphatic heterocycles. The van der Waals surface area contributed by atoms with Crippen LogP contribution >= 0.6 is 0 Å². The maximum Gasteiger partial charge on any atom is 0.230 e. The highest BCUT2D eigenvalue weighted by Crippen LogP contribution is 2.30. The third-order valence-electron chi connectivity index (χ3n) is 5.91. The highest BCUT2D eigenvalue weighted by molar-refractivity contribution is 5.88. The van der Waals surface area contributed by atoms with Crippen LogP contribution in [0.2, 0.25) is 0 Å². The Balaban J connectivity index is 1.33. The maximum absolute atomic E-state index is 12.8. The van der Waals surface area contributed by atoms with Gasteiger partial charge in [-0.2, -0.15) is 4.98 Å². The predicted molar refractivity (Wildman–Crippen MR) is 126 cm³/mol. The van der Waals surface area contributed by atoms with Crippen LogP contribution in [0.3, 0.4) is 0 Å². The fourth-order valence-electron chi connectivity index (χ4n) is 4.08. The van der Waals surface area contributed by atoms with Crippen LogP contribution in [0.4, 0.5) is 5.69 Å². The lowest BCUT2D eigenvalue weighted by Gasteiger charge is -2.30. The van der Waals surface area contributed by atoms with E-state index in [9.17, 15) is 9.59 Å². The molecule has 34 heavy (non-hydrogen) atoms. The second-order valence-electron chi connectivity index (χ2n) is 8.24. The van der Waals surface area contributed by atoms with Crippen molar-refractivity contribution in [3.8, 4) is 22.9 Å². The van der Waals surface area contributed by atoms with E-state index in [1.165, 1.54) is 6.92 Å². The summed E-state index contributed by atoms with van der Waals surface area (Å²) >= 11 is 0. The number of ether oxygens (including phenoxy) is 2. The molecule has 3 aromatic rings. The first-order valence-corrected chi connectivity index (χ1v) is 11.2. The number of hydrogen-bond donors (Lipinski definition) is 1. The number of carbonyl (C=O) groups excluding carboxylic acids is 2. The molecule has 0 spiro atoms. The summed E-state index contributed by atoms with van der Waals surface area (Å²) in [5, 5.41) is 6.85. The molecule has 1 fully saturated rings. The number of nitrogens with zero attached hydrogens (tertiary/aromatic N) is 3. The van der Waals surface area contributed by atoms with Gasteiger partial charge in [-0.3, -0.25) is 9.59 Å². The largest absolute Gasteiger partial charge is 0.493 e. The Morgan fingerprint density at radius 3 is 2.41 bits per heavy atom. The molecule has 9 nitrogen and oxygen atoms in total. The van der Waals surface area contributed by atoms with Gasteiger partial charge in [0.25, 0.3) is 0 Å². The number of hydrogen-bond acceptors (Lipinski definition) is 7. The van der Waals surface area contributed by atoms with Crippen molar-refractivity contribution in [3.05, 3.63) is 53.9 Å². The van der Waals surface area contributed by atoms with Crippen LogP contribution in [0.1, 0.15) is 37.1 Å². The SMILES string of the molecule is COc1ccc(CC(=O)N2CCC(c3nc(-c4ccc(NC(C)=O)cc4)no3)CC2)cc1OC. The highest BCUT2D eigenvalue weighted by atomic mass is 16.5. The quantitative estimate of drug-likeness (QED) is 0.569. The van der Waals surface area contributed by atoms with Crippen molar-refractivity contribution in [2.75, 3.05) is 32.6 Å². The minimum atomic E-state index is -0.122. The van der Waals surface area contributed by atoms with Gasteiger partial charge in [0.2, 0.25) is 23.5 Å². The first-order chi connectivity index (χ1) is 16.5. The van der Waals surface area contributed by atoms with Crippen molar-refractivity contribution in [1.82, 2.24) is 15.0 Å². The summed E-state index contributed by atoms with van der Waals surface area (Å²) in [6, 6.07) is 12.8. The van der Waals surface area contributed by atoms with E-state index in [0.29, 0.717) is 48.4 Å². The Morgan fingerprint density at radius 2 is 1.76 bits per heavy atom. The second-order valence-corrected chi connectivity index (χ2v) is 8.24. The van der Waals surface area contributed by atoms with Crippen molar-refractivity contribution in [1.29, 1.82) is 0 Å². The van der Waals surface area contributed by atoms with Crippen LogP contribution < -0.4 is 14.8 Å². The third kappa shape index (κ3) is 5.36. The number of benzene rings is 2. The lowest BCUT2D eigenvalue weighted by Crippen LogP contribution is -2.38. The van der Waals surface area contributed by atoms with E-state index in [0.717, 1.165) is 24.0 Å². The van der Waals surface area contributed by atoms with E-state index >= 15 is 0 Å². The molecule has 2 amide bonds. The maximum atomic E-state index is 12.8. The van der Waals surface area contributed by atoms with Gasteiger partial charge in [-0.05, 0) is 54.8 Å². The molecular weight excluding hydrogens is 436 g/mol. The number of nitrogens with one attached hydrogen (secondary N) is 1. The van der Waals surface area contributed by atoms with Crippen LogP contribution in [-0.2, 0) is 16.0 Å². The van der Waals surface area contributed by atoms with E-state index < -0.39 is 0 Å². The molecule has 2 aromatic carbocycles. The monoisotopic (exact) mass is 464 g/mol. The van der Waals surface area contributed by atoms with Crippen molar-refractivity contribution in [2.45, 2.75) is 32.1 Å². The predicted octanol–water partition coefficient (Wildman–Crippen LogP) is 3.66. The lowest BCUT2D eigenvalue weighted by molar-refractivity contribution is -0.131. The zero-order valence-electron chi connectivity index (χ0n) is 19.5. The Hall–Kier alpha value is -3.88. The van der Waals surface area contributed by atoms with E-state index in [-0.39, 0.29) is 17.7 Å². The molecule has 0 radical (unpaired) electrons. The van der Waals surface area contributed by atoms with Gasteiger partial charge in [0.05, 0.1) is 20.6 Å². The van der Waals surface area contributed by atoms with Gasteiger partial charge in [0, 0.05) is 37.2 Å². The molecule has 0 atom stereocenters. The molecule has 0 saturated carbocycles. The van der Waals surface area contributed by atoms with Gasteiger partial charge in [-0.25, -0.2) is 0 Å². The minimum Gasteiger partial charge on any atom is -0.493 e. The van der Waals surface area contributed by atoms with Crippen molar-refractivity contribution >= 4 is 17.5 Å². The van der Waals surface area contributed by atoms with Gasteiger partial charge < -0.3 is 24.2 Å². The number of aromatic nitrogens is 2. The first-order valence-electron chi connectivity index (χ1n) is 11.2. The third-order valence-corrected chi connectivity index (χ3v) is 5.91. The molecule has 1 N–H and O–H groups in total. The van der Waals surface area contributed by atoms with Gasteiger partial charge in [-0.1, -0.05) is 11.2 Å². The summed E-state index contributed by atoms with van der Waals surface area (Å²) in [7, 11) is 3.17. The standard InChI is InChI=1S/C25H28N4O5/c1-16(30)26-20-7-5-18(6-8-20)24-27-25(34-28-24)19-10-12-29(13-11-19)23(31)15-17-4-9-21(32-2)22(14-17)33-3/h4-9,14,19H,10-13,15H2,1-3H3,(H,26,30).